The molecule has 7 heteroatoms. The number of methoxy groups -OCH3 is 1. The van der Waals surface area contributed by atoms with Crippen molar-refractivity contribution >= 4 is 18.1 Å². The molecule has 0 bridgehead atoms. The Morgan fingerprint density at radius 3 is 2.59 bits per heavy atom. The van der Waals surface area contributed by atoms with Crippen LogP contribution in [0.2, 0.25) is 0 Å². The molecule has 7 nitrogen and oxygen atoms in total. The normalized spacial score (nSPS) is 10.9. The van der Waals surface area contributed by atoms with Gasteiger partial charge in [0.2, 0.25) is 6.20 Å². The van der Waals surface area contributed by atoms with Gasteiger partial charge in [0, 0.05) is 17.7 Å². The van der Waals surface area contributed by atoms with E-state index in [9.17, 15) is 14.9 Å². The van der Waals surface area contributed by atoms with Crippen molar-refractivity contribution in [3.63, 3.8) is 0 Å². The monoisotopic (exact) mass is 369 g/mol. The second kappa shape index (κ2) is 9.76. The molecular formula is C20H19NO6. The highest BCUT2D eigenvalue weighted by molar-refractivity contribution is 5.89. The number of hydrogen-bond acceptors (Lipinski definition) is 6. The molecule has 140 valence electrons. The molecule has 0 saturated carbocycles. The van der Waals surface area contributed by atoms with Gasteiger partial charge in [-0.15, -0.1) is 0 Å². The van der Waals surface area contributed by atoms with Crippen molar-refractivity contribution in [2.45, 2.75) is 6.92 Å². The molecule has 0 unspecified atom stereocenters. The third kappa shape index (κ3) is 6.00. The van der Waals surface area contributed by atoms with Crippen molar-refractivity contribution in [3.05, 3.63) is 76.0 Å². The van der Waals surface area contributed by atoms with Crippen molar-refractivity contribution < 1.29 is 23.9 Å². The first-order valence-electron chi connectivity index (χ1n) is 8.15. The molecule has 2 aromatic rings. The van der Waals surface area contributed by atoms with Gasteiger partial charge in [-0.25, -0.2) is 4.79 Å². The van der Waals surface area contributed by atoms with Crippen LogP contribution in [0.15, 0.2) is 54.7 Å². The molecule has 0 aliphatic carbocycles. The van der Waals surface area contributed by atoms with Gasteiger partial charge in [0.1, 0.15) is 5.75 Å². The maximum atomic E-state index is 12.1. The topological polar surface area (TPSA) is 87.9 Å². The van der Waals surface area contributed by atoms with E-state index in [4.69, 9.17) is 14.2 Å². The maximum absolute atomic E-state index is 12.1. The van der Waals surface area contributed by atoms with E-state index in [-0.39, 0.29) is 11.5 Å². The molecule has 0 aromatic heterocycles. The number of hydrogen-bond donors (Lipinski definition) is 0. The first kappa shape index (κ1) is 19.7. The predicted molar refractivity (Wildman–Crippen MR) is 101 cm³/mol. The van der Waals surface area contributed by atoms with Crippen molar-refractivity contribution in [2.24, 2.45) is 0 Å². The minimum Gasteiger partial charge on any atom is -0.493 e. The van der Waals surface area contributed by atoms with E-state index in [2.05, 4.69) is 0 Å². The summed E-state index contributed by atoms with van der Waals surface area (Å²) >= 11 is 0. The summed E-state index contributed by atoms with van der Waals surface area (Å²) < 4.78 is 16.0. The summed E-state index contributed by atoms with van der Waals surface area (Å²) in [5.41, 5.74) is 1.30. The van der Waals surface area contributed by atoms with Crippen LogP contribution in [-0.4, -0.2) is 24.6 Å². The first-order valence-corrected chi connectivity index (χ1v) is 8.15. The molecule has 0 N–H and O–H groups in total. The Balaban J connectivity index is 2.12. The lowest BCUT2D eigenvalue weighted by molar-refractivity contribution is -0.400. The van der Waals surface area contributed by atoms with Crippen LogP contribution in [-0.2, 0) is 4.79 Å². The summed E-state index contributed by atoms with van der Waals surface area (Å²) in [5.74, 6) is 0.581. The van der Waals surface area contributed by atoms with Gasteiger partial charge in [-0.1, -0.05) is 24.3 Å². The standard InChI is InChI=1S/C20H19NO6/c1-3-26-17-7-5-4-6-16(17)9-11-20(22)27-18-10-8-15(12-13-21(23)24)14-19(18)25-2/h4-14H,3H2,1-2H3/b11-9+,13-12+. The summed E-state index contributed by atoms with van der Waals surface area (Å²) in [6.07, 6.45) is 5.03. The Morgan fingerprint density at radius 2 is 1.89 bits per heavy atom. The maximum Gasteiger partial charge on any atom is 0.336 e. The number of carbonyl (C=O) groups excluding carboxylic acids is 1. The zero-order valence-corrected chi connectivity index (χ0v) is 15.0. The number of benzene rings is 2. The zero-order chi connectivity index (χ0) is 19.6. The second-order valence-electron chi connectivity index (χ2n) is 5.24. The highest BCUT2D eigenvalue weighted by Crippen LogP contribution is 2.29. The summed E-state index contributed by atoms with van der Waals surface area (Å²) in [4.78, 5) is 21.9. The Bertz CT molecular complexity index is 873. The molecule has 27 heavy (non-hydrogen) atoms. The molecule has 0 aliphatic heterocycles. The Labute approximate surface area is 156 Å². The van der Waals surface area contributed by atoms with E-state index >= 15 is 0 Å². The summed E-state index contributed by atoms with van der Waals surface area (Å²) in [6.45, 7) is 2.40. The van der Waals surface area contributed by atoms with Crippen LogP contribution >= 0.6 is 0 Å². The second-order valence-corrected chi connectivity index (χ2v) is 5.24. The fourth-order valence-electron chi connectivity index (χ4n) is 2.22. The molecule has 2 rings (SSSR count). The first-order chi connectivity index (χ1) is 13.0. The van der Waals surface area contributed by atoms with E-state index in [1.165, 1.54) is 31.4 Å². The van der Waals surface area contributed by atoms with Crippen molar-refractivity contribution in [3.8, 4) is 17.2 Å². The van der Waals surface area contributed by atoms with Crippen molar-refractivity contribution in [1.82, 2.24) is 0 Å². The van der Waals surface area contributed by atoms with E-state index in [0.717, 1.165) is 11.8 Å². The van der Waals surface area contributed by atoms with Crippen LogP contribution in [0.25, 0.3) is 12.2 Å². The van der Waals surface area contributed by atoms with Crippen molar-refractivity contribution in [2.75, 3.05) is 13.7 Å². The summed E-state index contributed by atoms with van der Waals surface area (Å²) in [5, 5.41) is 10.4. The molecule has 0 amide bonds. The van der Waals surface area contributed by atoms with Gasteiger partial charge >= 0.3 is 5.97 Å². The van der Waals surface area contributed by atoms with Crippen LogP contribution in [0, 0.1) is 10.1 Å². The van der Waals surface area contributed by atoms with E-state index in [1.807, 2.05) is 31.2 Å². The van der Waals surface area contributed by atoms with Gasteiger partial charge in [-0.3, -0.25) is 10.1 Å². The number of para-hydroxylation sites is 1. The molecule has 0 spiro atoms. The zero-order valence-electron chi connectivity index (χ0n) is 15.0. The average molecular weight is 369 g/mol. The number of esters is 1. The molecule has 0 atom stereocenters. The smallest absolute Gasteiger partial charge is 0.336 e. The van der Waals surface area contributed by atoms with Crippen LogP contribution in [0.1, 0.15) is 18.1 Å². The van der Waals surface area contributed by atoms with E-state index in [1.54, 1.807) is 12.1 Å². The molecule has 2 aromatic carbocycles. The molecule has 0 aliphatic rings. The van der Waals surface area contributed by atoms with Gasteiger partial charge < -0.3 is 14.2 Å². The average Bonchev–Trinajstić information content (AvgIpc) is 2.66. The summed E-state index contributed by atoms with van der Waals surface area (Å²) in [7, 11) is 1.42. The van der Waals surface area contributed by atoms with Crippen LogP contribution in [0.3, 0.4) is 0 Å². The number of nitro groups is 1. The van der Waals surface area contributed by atoms with Crippen LogP contribution in [0.4, 0.5) is 0 Å². The van der Waals surface area contributed by atoms with Gasteiger partial charge in [0.05, 0.1) is 18.6 Å². The Kier molecular flexibility index (Phi) is 7.13. The Hall–Kier alpha value is -3.61. The number of carbonyl (C=O) groups is 1. The fraction of sp³-hybridized carbons (Fsp3) is 0.150. The molecular weight excluding hydrogens is 350 g/mol. The van der Waals surface area contributed by atoms with Gasteiger partial charge in [0.15, 0.2) is 11.5 Å². The highest BCUT2D eigenvalue weighted by Gasteiger charge is 2.09. The molecule has 0 saturated heterocycles. The van der Waals surface area contributed by atoms with Gasteiger partial charge in [-0.2, -0.15) is 0 Å². The Morgan fingerprint density at radius 1 is 1.11 bits per heavy atom. The van der Waals surface area contributed by atoms with Gasteiger partial charge in [0.25, 0.3) is 0 Å². The van der Waals surface area contributed by atoms with Gasteiger partial charge in [-0.05, 0) is 36.8 Å². The number of nitrogens with zero attached hydrogens (tertiary/aromatic N) is 1. The lowest BCUT2D eigenvalue weighted by Crippen LogP contribution is -2.05. The minimum absolute atomic E-state index is 0.212. The molecule has 0 radical (unpaired) electrons. The van der Waals surface area contributed by atoms with E-state index < -0.39 is 10.9 Å². The van der Waals surface area contributed by atoms with Crippen LogP contribution < -0.4 is 14.2 Å². The number of ether oxygens (including phenoxy) is 3. The lowest BCUT2D eigenvalue weighted by Gasteiger charge is -2.09. The van der Waals surface area contributed by atoms with Crippen molar-refractivity contribution in [1.29, 1.82) is 0 Å². The lowest BCUT2D eigenvalue weighted by atomic mass is 10.2. The third-order valence-electron chi connectivity index (χ3n) is 3.40. The fourth-order valence-corrected chi connectivity index (χ4v) is 2.22. The third-order valence-corrected chi connectivity index (χ3v) is 3.40. The highest BCUT2D eigenvalue weighted by atomic mass is 16.6. The minimum atomic E-state index is -0.590. The van der Waals surface area contributed by atoms with Crippen LogP contribution in [0.5, 0.6) is 17.2 Å². The largest absolute Gasteiger partial charge is 0.493 e. The quantitative estimate of drug-likeness (QED) is 0.230. The summed E-state index contributed by atoms with van der Waals surface area (Å²) in [6, 6.07) is 12.0. The molecule has 0 heterocycles. The number of rotatable bonds is 8. The SMILES string of the molecule is CCOc1ccccc1/C=C/C(=O)Oc1ccc(/C=C/[N+](=O)[O-])cc1OC. The predicted octanol–water partition coefficient (Wildman–Crippen LogP) is 3.96. The molecule has 0 fully saturated rings. The van der Waals surface area contributed by atoms with E-state index in [0.29, 0.717) is 17.9 Å².